The van der Waals surface area contributed by atoms with Crippen LogP contribution in [0.25, 0.3) is 0 Å². The van der Waals surface area contributed by atoms with Gasteiger partial charge in [-0.25, -0.2) is 22.2 Å². The second-order valence-electron chi connectivity index (χ2n) is 7.35. The fourth-order valence-corrected chi connectivity index (χ4v) is 5.32. The molecule has 1 aromatic heterocycles. The van der Waals surface area contributed by atoms with Crippen molar-refractivity contribution in [3.63, 3.8) is 0 Å². The Morgan fingerprint density at radius 3 is 2.66 bits per heavy atom. The molecule has 3 aromatic rings. The Morgan fingerprint density at radius 1 is 1.23 bits per heavy atom. The molecule has 0 bridgehead atoms. The molecule has 0 spiro atoms. The third-order valence-electron chi connectivity index (χ3n) is 4.92. The average molecular weight is 547 g/mol. The first-order chi connectivity index (χ1) is 16.6. The molecule has 0 radical (unpaired) electrons. The maximum atomic E-state index is 15.1. The highest BCUT2D eigenvalue weighted by atomic mass is 35.5. The molecule has 0 saturated heterocycles. The second kappa shape index (κ2) is 11.8. The van der Waals surface area contributed by atoms with Crippen molar-refractivity contribution in [2.75, 3.05) is 43.4 Å². The van der Waals surface area contributed by atoms with E-state index in [0.717, 1.165) is 36.2 Å². The zero-order valence-corrected chi connectivity index (χ0v) is 21.7. The van der Waals surface area contributed by atoms with Gasteiger partial charge in [-0.05, 0) is 24.7 Å². The quantitative estimate of drug-likeness (QED) is 0.323. The Bertz CT molecular complexity index is 1270. The number of sulfonamides is 1. The van der Waals surface area contributed by atoms with E-state index in [1.807, 2.05) is 24.9 Å². The van der Waals surface area contributed by atoms with Crippen molar-refractivity contribution in [2.24, 2.45) is 0 Å². The normalized spacial score (nSPS) is 11.4. The highest BCUT2D eigenvalue weighted by Gasteiger charge is 2.25. The number of nitrogens with zero attached hydrogens (tertiary/aromatic N) is 2. The number of hydrogen-bond acceptors (Lipinski definition) is 8. The van der Waals surface area contributed by atoms with E-state index in [2.05, 4.69) is 15.0 Å². The molecule has 35 heavy (non-hydrogen) atoms. The van der Waals surface area contributed by atoms with E-state index < -0.39 is 32.3 Å². The number of aromatic nitrogens is 1. The van der Waals surface area contributed by atoms with Gasteiger partial charge in [0.2, 0.25) is 0 Å². The lowest BCUT2D eigenvalue weighted by Crippen LogP contribution is -2.29. The van der Waals surface area contributed by atoms with Crippen LogP contribution >= 0.6 is 22.9 Å². The summed E-state index contributed by atoms with van der Waals surface area (Å²) in [6.45, 7) is 4.11. The number of halogens is 3. The van der Waals surface area contributed by atoms with Crippen LogP contribution in [0.5, 0.6) is 11.5 Å². The Hall–Kier alpha value is -2.67. The highest BCUT2D eigenvalue weighted by Crippen LogP contribution is 2.31. The van der Waals surface area contributed by atoms with E-state index in [9.17, 15) is 12.8 Å². The Kier molecular flexibility index (Phi) is 9.11. The summed E-state index contributed by atoms with van der Waals surface area (Å²) >= 11 is 6.60. The van der Waals surface area contributed by atoms with Gasteiger partial charge in [0.15, 0.2) is 16.7 Å². The number of nitrogens with one attached hydrogen (secondary N) is 2. The molecular formula is C22H25ClF2N4O4S2. The Morgan fingerprint density at radius 2 is 2.00 bits per heavy atom. The lowest BCUT2D eigenvalue weighted by molar-refractivity contribution is 0.285. The third-order valence-corrected chi connectivity index (χ3v) is 7.42. The van der Waals surface area contributed by atoms with Gasteiger partial charge in [-0.2, -0.15) is 0 Å². The predicted octanol–water partition coefficient (Wildman–Crippen LogP) is 4.51. The van der Waals surface area contributed by atoms with Crippen LogP contribution < -0.4 is 24.4 Å². The van der Waals surface area contributed by atoms with E-state index in [4.69, 9.17) is 21.1 Å². The summed E-state index contributed by atoms with van der Waals surface area (Å²) < 4.78 is 68.0. The number of methoxy groups -OCH3 is 1. The number of anilines is 2. The molecule has 0 unspecified atom stereocenters. The maximum Gasteiger partial charge on any atom is 0.266 e. The molecule has 13 heteroatoms. The van der Waals surface area contributed by atoms with Crippen LogP contribution in [0.2, 0.25) is 4.34 Å². The fraction of sp³-hybridized carbons (Fsp3) is 0.318. The molecule has 0 aliphatic heterocycles. The number of thiazole rings is 1. The lowest BCUT2D eigenvalue weighted by atomic mass is 10.1. The second-order valence-corrected chi connectivity index (χ2v) is 10.7. The van der Waals surface area contributed by atoms with Crippen molar-refractivity contribution >= 4 is 43.8 Å². The third kappa shape index (κ3) is 6.94. The van der Waals surface area contributed by atoms with Gasteiger partial charge >= 0.3 is 0 Å². The van der Waals surface area contributed by atoms with E-state index >= 15 is 4.39 Å². The van der Waals surface area contributed by atoms with E-state index in [-0.39, 0.29) is 16.1 Å². The van der Waals surface area contributed by atoms with E-state index in [1.54, 1.807) is 19.2 Å². The minimum Gasteiger partial charge on any atom is -0.497 e. The zero-order valence-electron chi connectivity index (χ0n) is 19.3. The smallest absolute Gasteiger partial charge is 0.266 e. The topological polar surface area (TPSA) is 92.8 Å². The first-order valence-electron chi connectivity index (χ1n) is 10.5. The monoisotopic (exact) mass is 546 g/mol. The zero-order chi connectivity index (χ0) is 25.6. The molecule has 0 fully saturated rings. The van der Waals surface area contributed by atoms with Gasteiger partial charge in [0.1, 0.15) is 27.4 Å². The molecular weight excluding hydrogens is 522 g/mol. The molecule has 2 aromatic carbocycles. The highest BCUT2D eigenvalue weighted by molar-refractivity contribution is 7.93. The molecule has 2 N–H and O–H groups in total. The summed E-state index contributed by atoms with van der Waals surface area (Å²) in [6, 6.07) is 6.66. The number of hydrogen-bond donors (Lipinski definition) is 2. The van der Waals surface area contributed by atoms with Crippen molar-refractivity contribution in [3.05, 3.63) is 58.1 Å². The minimum atomic E-state index is -4.49. The van der Waals surface area contributed by atoms with Crippen LogP contribution in [0.1, 0.15) is 12.5 Å². The number of rotatable bonds is 12. The van der Waals surface area contributed by atoms with Crippen LogP contribution in [0.3, 0.4) is 0 Å². The summed E-state index contributed by atoms with van der Waals surface area (Å²) in [5.74, 6) is -2.12. The van der Waals surface area contributed by atoms with E-state index in [1.165, 1.54) is 6.20 Å². The molecule has 3 rings (SSSR count). The van der Waals surface area contributed by atoms with Gasteiger partial charge in [0.05, 0.1) is 13.3 Å². The van der Waals surface area contributed by atoms with E-state index in [0.29, 0.717) is 23.9 Å². The van der Waals surface area contributed by atoms with Gasteiger partial charge in [-0.1, -0.05) is 29.9 Å². The molecule has 190 valence electrons. The molecule has 0 aliphatic carbocycles. The first kappa shape index (κ1) is 26.9. The molecule has 0 amide bonds. The summed E-state index contributed by atoms with van der Waals surface area (Å²) in [7, 11) is -1.05. The van der Waals surface area contributed by atoms with Crippen molar-refractivity contribution < 1.29 is 26.7 Å². The van der Waals surface area contributed by atoms with Crippen molar-refractivity contribution in [1.82, 2.24) is 10.3 Å². The predicted molar refractivity (Wildman–Crippen MR) is 133 cm³/mol. The van der Waals surface area contributed by atoms with Crippen molar-refractivity contribution in [3.8, 4) is 11.5 Å². The molecule has 0 aliphatic rings. The summed E-state index contributed by atoms with van der Waals surface area (Å²) in [5.41, 5.74) is 1.45. The lowest BCUT2D eigenvalue weighted by Gasteiger charge is -2.23. The fourth-order valence-electron chi connectivity index (χ4n) is 3.16. The Balaban J connectivity index is 1.86. The first-order valence-corrected chi connectivity index (χ1v) is 13.2. The Labute approximate surface area is 211 Å². The SMILES string of the molecule is CCNCCN(C)c1cc(OC)ccc1COc1cc(F)cc(S(=O)(=O)Nc2ncc(Cl)s2)c1F. The van der Waals surface area contributed by atoms with Crippen LogP contribution in [0.4, 0.5) is 19.6 Å². The van der Waals surface area contributed by atoms with Gasteiger partial charge < -0.3 is 19.7 Å². The number of ether oxygens (including phenoxy) is 2. The molecule has 1 heterocycles. The standard InChI is InChI=1S/C22H25ClF2N4O4S2/c1-4-26-7-8-29(2)17-11-16(32-3)6-5-14(17)13-33-18-9-15(24)10-19(21(18)25)35(30,31)28-22-27-12-20(23)34-22/h5-6,9-12,26H,4,7-8,13H2,1-3H3,(H,27,28). The van der Waals surface area contributed by atoms with Gasteiger partial charge in [0, 0.05) is 43.5 Å². The maximum absolute atomic E-state index is 15.1. The van der Waals surface area contributed by atoms with Crippen LogP contribution in [-0.4, -0.2) is 47.2 Å². The van der Waals surface area contributed by atoms with Gasteiger partial charge in [0.25, 0.3) is 10.0 Å². The summed E-state index contributed by atoms with van der Waals surface area (Å²) in [6.07, 6.45) is 1.24. The average Bonchev–Trinajstić information content (AvgIpc) is 3.22. The molecule has 0 saturated carbocycles. The number of likely N-dealkylation sites (N-methyl/N-ethyl adjacent to an activating group) is 2. The van der Waals surface area contributed by atoms with Crippen LogP contribution in [0.15, 0.2) is 41.4 Å². The number of benzene rings is 2. The summed E-state index contributed by atoms with van der Waals surface area (Å²) in [4.78, 5) is 4.84. The van der Waals surface area contributed by atoms with Crippen molar-refractivity contribution in [2.45, 2.75) is 18.4 Å². The molecule has 8 nitrogen and oxygen atoms in total. The van der Waals surface area contributed by atoms with Gasteiger partial charge in [-0.15, -0.1) is 0 Å². The minimum absolute atomic E-state index is 0.0791. The van der Waals surface area contributed by atoms with Crippen LogP contribution in [0, 0.1) is 11.6 Å². The largest absolute Gasteiger partial charge is 0.497 e. The summed E-state index contributed by atoms with van der Waals surface area (Å²) in [5, 5.41) is 3.16. The van der Waals surface area contributed by atoms with Crippen molar-refractivity contribution in [1.29, 1.82) is 0 Å². The van der Waals surface area contributed by atoms with Gasteiger partial charge in [-0.3, -0.25) is 4.72 Å². The van der Waals surface area contributed by atoms with Crippen LogP contribution in [-0.2, 0) is 16.6 Å². The molecule has 0 atom stereocenters.